The van der Waals surface area contributed by atoms with Crippen LogP contribution in [0.4, 0.5) is 0 Å². The Bertz CT molecular complexity index is 223. The maximum Gasteiger partial charge on any atom is 0.119 e. The molecule has 0 unspecified atom stereocenters. The molecule has 1 rings (SSSR count). The van der Waals surface area contributed by atoms with Gasteiger partial charge in [0, 0.05) is 5.88 Å². The molecular weight excluding hydrogens is 160 g/mol. The van der Waals surface area contributed by atoms with E-state index in [-0.39, 0.29) is 0 Å². The number of hydrogen-bond acceptors (Lipinski definition) is 1. The molecule has 0 atom stereocenters. The van der Waals surface area contributed by atoms with Gasteiger partial charge in [-0.2, -0.15) is 0 Å². The highest BCUT2D eigenvalue weighted by Gasteiger charge is 1.93. The van der Waals surface area contributed by atoms with Gasteiger partial charge in [0.25, 0.3) is 0 Å². The number of aryl methyl sites for hydroxylation is 1. The average molecular weight is 170 g/mol. The first-order chi connectivity index (χ1) is 5.36. The van der Waals surface area contributed by atoms with Gasteiger partial charge in [-0.05, 0) is 30.2 Å². The van der Waals surface area contributed by atoms with Gasteiger partial charge in [0.15, 0.2) is 0 Å². The third-order valence-corrected chi connectivity index (χ3v) is 1.62. The normalized spacial score (nSPS) is 9.64. The van der Waals surface area contributed by atoms with E-state index >= 15 is 0 Å². The number of rotatable bonds is 3. The Hall–Kier alpha value is -0.690. The lowest BCUT2D eigenvalue weighted by molar-refractivity contribution is 0.414. The summed E-state index contributed by atoms with van der Waals surface area (Å²) < 4.78 is 5.04. The Morgan fingerprint density at radius 1 is 1.64 bits per heavy atom. The highest BCUT2D eigenvalue weighted by molar-refractivity contribution is 6.17. The maximum absolute atomic E-state index is 5.57. The fraction of sp³-hybridized carbons (Fsp3) is 0.333. The Morgan fingerprint density at radius 3 is 3.09 bits per heavy atom. The molecule has 0 aromatic heterocycles. The molecule has 0 spiro atoms. The van der Waals surface area contributed by atoms with Gasteiger partial charge in [0.2, 0.25) is 0 Å². The second kappa shape index (κ2) is 4.24. The van der Waals surface area contributed by atoms with E-state index in [1.54, 1.807) is 7.11 Å². The van der Waals surface area contributed by atoms with Crippen LogP contribution in [0.3, 0.4) is 0 Å². The Kier molecular flexibility index (Phi) is 3.24. The van der Waals surface area contributed by atoms with Crippen molar-refractivity contribution in [3.63, 3.8) is 0 Å². The minimum absolute atomic E-state index is 0.629. The molecule has 0 heterocycles. The molecule has 0 saturated heterocycles. The Balaban J connectivity index is 2.74. The topological polar surface area (TPSA) is 9.23 Å². The summed E-state index contributed by atoms with van der Waals surface area (Å²) in [6.07, 6.45) is 0.846. The zero-order valence-electron chi connectivity index (χ0n) is 6.43. The van der Waals surface area contributed by atoms with Crippen molar-refractivity contribution >= 4 is 11.6 Å². The smallest absolute Gasteiger partial charge is 0.119 e. The lowest BCUT2D eigenvalue weighted by atomic mass is 10.2. The van der Waals surface area contributed by atoms with Crippen LogP contribution in [0.15, 0.2) is 18.2 Å². The number of halogens is 1. The summed E-state index contributed by atoms with van der Waals surface area (Å²) in [5.74, 6) is 1.49. The maximum atomic E-state index is 5.57. The molecule has 59 valence electrons. The summed E-state index contributed by atoms with van der Waals surface area (Å²) in [5, 5.41) is 0. The molecule has 1 aromatic rings. The fourth-order valence-electron chi connectivity index (χ4n) is 0.865. The minimum atomic E-state index is 0.629. The molecular formula is C9H10ClO. The van der Waals surface area contributed by atoms with Gasteiger partial charge < -0.3 is 4.74 Å². The predicted octanol–water partition coefficient (Wildman–Crippen LogP) is 2.28. The van der Waals surface area contributed by atoms with Crippen molar-refractivity contribution in [2.45, 2.75) is 6.42 Å². The summed E-state index contributed by atoms with van der Waals surface area (Å²) in [5.41, 5.74) is 1.10. The first kappa shape index (κ1) is 8.41. The Morgan fingerprint density at radius 2 is 2.45 bits per heavy atom. The van der Waals surface area contributed by atoms with Crippen LogP contribution in [0.1, 0.15) is 5.56 Å². The fourth-order valence-corrected chi connectivity index (χ4v) is 1.07. The van der Waals surface area contributed by atoms with Crippen LogP contribution in [0.25, 0.3) is 0 Å². The van der Waals surface area contributed by atoms with Crippen molar-refractivity contribution in [2.24, 2.45) is 0 Å². The van der Waals surface area contributed by atoms with Crippen LogP contribution in [0.5, 0.6) is 5.75 Å². The molecule has 0 N–H and O–H groups in total. The predicted molar refractivity (Wildman–Crippen MR) is 46.3 cm³/mol. The van der Waals surface area contributed by atoms with Crippen LogP contribution < -0.4 is 4.74 Å². The zero-order valence-corrected chi connectivity index (χ0v) is 7.19. The number of benzene rings is 1. The number of alkyl halides is 1. The standard InChI is InChI=1S/C9H10ClO/c1-11-9-4-2-3-8(7-9)5-6-10/h2,4,7H,5-6H2,1H3. The SMILES string of the molecule is COc1cc[c]c(CCCl)c1. The van der Waals surface area contributed by atoms with Crippen LogP contribution in [0.2, 0.25) is 0 Å². The van der Waals surface area contributed by atoms with E-state index in [2.05, 4.69) is 6.07 Å². The third kappa shape index (κ3) is 2.43. The molecule has 0 fully saturated rings. The minimum Gasteiger partial charge on any atom is -0.497 e. The summed E-state index contributed by atoms with van der Waals surface area (Å²) in [4.78, 5) is 0. The lowest BCUT2D eigenvalue weighted by Gasteiger charge is -2.00. The van der Waals surface area contributed by atoms with E-state index in [9.17, 15) is 0 Å². The number of hydrogen-bond donors (Lipinski definition) is 0. The van der Waals surface area contributed by atoms with Gasteiger partial charge >= 0.3 is 0 Å². The molecule has 0 aliphatic carbocycles. The molecule has 0 bridgehead atoms. The molecule has 2 heteroatoms. The second-order valence-electron chi connectivity index (χ2n) is 2.19. The zero-order chi connectivity index (χ0) is 8.10. The summed E-state index contributed by atoms with van der Waals surface area (Å²) in [7, 11) is 1.65. The highest BCUT2D eigenvalue weighted by Crippen LogP contribution is 2.12. The molecule has 0 aliphatic rings. The number of methoxy groups -OCH3 is 1. The van der Waals surface area contributed by atoms with Crippen LogP contribution in [-0.2, 0) is 6.42 Å². The molecule has 0 saturated carbocycles. The Labute approximate surface area is 71.9 Å². The van der Waals surface area contributed by atoms with E-state index in [1.807, 2.05) is 18.2 Å². The highest BCUT2D eigenvalue weighted by atomic mass is 35.5. The van der Waals surface area contributed by atoms with Crippen LogP contribution in [0, 0.1) is 6.07 Å². The van der Waals surface area contributed by atoms with Gasteiger partial charge in [-0.15, -0.1) is 11.6 Å². The summed E-state index contributed by atoms with van der Waals surface area (Å²) in [6.45, 7) is 0. The largest absolute Gasteiger partial charge is 0.497 e. The average Bonchev–Trinajstić information content (AvgIpc) is 2.06. The molecule has 11 heavy (non-hydrogen) atoms. The van der Waals surface area contributed by atoms with Gasteiger partial charge in [-0.25, -0.2) is 0 Å². The number of ether oxygens (including phenoxy) is 1. The first-order valence-corrected chi connectivity index (χ1v) is 4.01. The van der Waals surface area contributed by atoms with Gasteiger partial charge in [0.05, 0.1) is 7.11 Å². The molecule has 0 amide bonds. The van der Waals surface area contributed by atoms with Gasteiger partial charge in [-0.1, -0.05) is 6.07 Å². The van der Waals surface area contributed by atoms with E-state index in [4.69, 9.17) is 16.3 Å². The van der Waals surface area contributed by atoms with Crippen molar-refractivity contribution < 1.29 is 4.74 Å². The van der Waals surface area contributed by atoms with Crippen molar-refractivity contribution in [1.82, 2.24) is 0 Å². The third-order valence-electron chi connectivity index (χ3n) is 1.43. The van der Waals surface area contributed by atoms with Gasteiger partial charge in [-0.3, -0.25) is 0 Å². The summed E-state index contributed by atoms with van der Waals surface area (Å²) >= 11 is 5.57. The van der Waals surface area contributed by atoms with Crippen molar-refractivity contribution in [3.05, 3.63) is 29.8 Å². The van der Waals surface area contributed by atoms with E-state index < -0.39 is 0 Å². The first-order valence-electron chi connectivity index (χ1n) is 3.47. The lowest BCUT2D eigenvalue weighted by Crippen LogP contribution is -1.88. The van der Waals surface area contributed by atoms with Crippen molar-refractivity contribution in [3.8, 4) is 5.75 Å². The van der Waals surface area contributed by atoms with Crippen LogP contribution >= 0.6 is 11.6 Å². The molecule has 0 aliphatic heterocycles. The molecule has 1 nitrogen and oxygen atoms in total. The van der Waals surface area contributed by atoms with Crippen molar-refractivity contribution in [1.29, 1.82) is 0 Å². The van der Waals surface area contributed by atoms with Crippen molar-refractivity contribution in [2.75, 3.05) is 13.0 Å². The summed E-state index contributed by atoms with van der Waals surface area (Å²) in [6, 6.07) is 8.75. The van der Waals surface area contributed by atoms with E-state index in [0.29, 0.717) is 5.88 Å². The quantitative estimate of drug-likeness (QED) is 0.631. The molecule has 1 aromatic carbocycles. The van der Waals surface area contributed by atoms with Crippen LogP contribution in [-0.4, -0.2) is 13.0 Å². The van der Waals surface area contributed by atoms with E-state index in [0.717, 1.165) is 17.7 Å². The second-order valence-corrected chi connectivity index (χ2v) is 2.57. The van der Waals surface area contributed by atoms with E-state index in [1.165, 1.54) is 0 Å². The molecule has 1 radical (unpaired) electrons. The monoisotopic (exact) mass is 169 g/mol. The van der Waals surface area contributed by atoms with Gasteiger partial charge in [0.1, 0.15) is 5.75 Å².